The standard InChI is InChI=1S/C14H14N2O4/c1-8-12(13(14(17)18)16-15-8)9-3-4-10-11(7-9)20-6-2-5-19-10/h3-4,7H,2,5-6H2,1H3,(H,15,16)(H,17,18). The number of carbonyl (C=O) groups is 1. The number of hydrogen-bond donors (Lipinski definition) is 2. The summed E-state index contributed by atoms with van der Waals surface area (Å²) in [5.74, 6) is 0.262. The van der Waals surface area contributed by atoms with Gasteiger partial charge in [-0.1, -0.05) is 6.07 Å². The van der Waals surface area contributed by atoms with Gasteiger partial charge in [0.1, 0.15) is 0 Å². The van der Waals surface area contributed by atoms with Gasteiger partial charge < -0.3 is 14.6 Å². The smallest absolute Gasteiger partial charge is 0.357 e. The first-order valence-electron chi connectivity index (χ1n) is 6.35. The second-order valence-corrected chi connectivity index (χ2v) is 4.59. The normalized spacial score (nSPS) is 13.8. The molecule has 0 aliphatic carbocycles. The third-order valence-electron chi connectivity index (χ3n) is 3.19. The molecule has 0 spiro atoms. The number of benzene rings is 1. The predicted octanol–water partition coefficient (Wildman–Crippen LogP) is 2.24. The van der Waals surface area contributed by atoms with Gasteiger partial charge in [0.2, 0.25) is 0 Å². The Kier molecular flexibility index (Phi) is 3.06. The zero-order valence-electron chi connectivity index (χ0n) is 11.0. The van der Waals surface area contributed by atoms with Crippen LogP contribution < -0.4 is 9.47 Å². The van der Waals surface area contributed by atoms with Crippen LogP contribution in [0.25, 0.3) is 11.1 Å². The van der Waals surface area contributed by atoms with Crippen LogP contribution >= 0.6 is 0 Å². The number of carboxylic acids is 1. The molecule has 0 amide bonds. The number of aromatic nitrogens is 2. The number of fused-ring (bicyclic) bond motifs is 1. The number of carboxylic acid groups (broad SMARTS) is 1. The number of H-pyrrole nitrogens is 1. The van der Waals surface area contributed by atoms with Crippen LogP contribution in [-0.4, -0.2) is 34.5 Å². The van der Waals surface area contributed by atoms with Crippen LogP contribution in [0.3, 0.4) is 0 Å². The SMILES string of the molecule is Cc1[nH]nc(C(=O)O)c1-c1ccc2c(c1)OCCCO2. The van der Waals surface area contributed by atoms with Crippen LogP contribution in [0.15, 0.2) is 18.2 Å². The van der Waals surface area contributed by atoms with Gasteiger partial charge in [-0.2, -0.15) is 5.10 Å². The molecule has 0 saturated carbocycles. The van der Waals surface area contributed by atoms with Crippen LogP contribution in [0, 0.1) is 6.92 Å². The van der Waals surface area contributed by atoms with E-state index in [9.17, 15) is 9.90 Å². The average Bonchev–Trinajstić information content (AvgIpc) is 2.68. The highest BCUT2D eigenvalue weighted by molar-refractivity contribution is 5.95. The molecule has 2 N–H and O–H groups in total. The van der Waals surface area contributed by atoms with Crippen molar-refractivity contribution in [3.63, 3.8) is 0 Å². The van der Waals surface area contributed by atoms with Crippen molar-refractivity contribution in [3.8, 4) is 22.6 Å². The highest BCUT2D eigenvalue weighted by Gasteiger charge is 2.20. The number of rotatable bonds is 2. The molecule has 0 radical (unpaired) electrons. The summed E-state index contributed by atoms with van der Waals surface area (Å²) in [7, 11) is 0. The lowest BCUT2D eigenvalue weighted by Gasteiger charge is -2.09. The lowest BCUT2D eigenvalue weighted by molar-refractivity contribution is 0.0691. The highest BCUT2D eigenvalue weighted by atomic mass is 16.5. The van der Waals surface area contributed by atoms with Crippen molar-refractivity contribution in [2.75, 3.05) is 13.2 Å². The minimum absolute atomic E-state index is 0.0111. The molecule has 3 rings (SSSR count). The molecule has 0 atom stereocenters. The quantitative estimate of drug-likeness (QED) is 0.877. The molecule has 2 aromatic rings. The van der Waals surface area contributed by atoms with Gasteiger partial charge in [-0.15, -0.1) is 0 Å². The fourth-order valence-electron chi connectivity index (χ4n) is 2.26. The van der Waals surface area contributed by atoms with Crippen LogP contribution in [-0.2, 0) is 0 Å². The molecule has 1 aromatic heterocycles. The van der Waals surface area contributed by atoms with Gasteiger partial charge in [0.25, 0.3) is 0 Å². The summed E-state index contributed by atoms with van der Waals surface area (Å²) in [6.07, 6.45) is 0.828. The predicted molar refractivity (Wildman–Crippen MR) is 71.3 cm³/mol. The van der Waals surface area contributed by atoms with Crippen molar-refractivity contribution in [2.45, 2.75) is 13.3 Å². The summed E-state index contributed by atoms with van der Waals surface area (Å²) >= 11 is 0. The topological polar surface area (TPSA) is 84.4 Å². The Hall–Kier alpha value is -2.50. The maximum absolute atomic E-state index is 11.2. The van der Waals surface area contributed by atoms with Crippen molar-refractivity contribution >= 4 is 5.97 Å². The van der Waals surface area contributed by atoms with Crippen molar-refractivity contribution < 1.29 is 19.4 Å². The van der Waals surface area contributed by atoms with E-state index in [0.717, 1.165) is 12.0 Å². The summed E-state index contributed by atoms with van der Waals surface area (Å²) in [5, 5.41) is 15.7. The molecule has 1 aromatic carbocycles. The van der Waals surface area contributed by atoms with Crippen molar-refractivity contribution in [1.82, 2.24) is 10.2 Å². The van der Waals surface area contributed by atoms with Crippen LogP contribution in [0.2, 0.25) is 0 Å². The molecule has 0 bridgehead atoms. The molecule has 104 valence electrons. The van der Waals surface area contributed by atoms with Crippen molar-refractivity contribution in [2.24, 2.45) is 0 Å². The second-order valence-electron chi connectivity index (χ2n) is 4.59. The number of aromatic carboxylic acids is 1. The van der Waals surface area contributed by atoms with Gasteiger partial charge in [-0.25, -0.2) is 4.79 Å². The first-order chi connectivity index (χ1) is 9.66. The van der Waals surface area contributed by atoms with E-state index >= 15 is 0 Å². The largest absolute Gasteiger partial charge is 0.490 e. The third-order valence-corrected chi connectivity index (χ3v) is 3.19. The molecule has 2 heterocycles. The average molecular weight is 274 g/mol. The Bertz CT molecular complexity index is 663. The minimum Gasteiger partial charge on any atom is -0.490 e. The van der Waals surface area contributed by atoms with Gasteiger partial charge in [-0.05, 0) is 24.6 Å². The van der Waals surface area contributed by atoms with E-state index < -0.39 is 5.97 Å². The number of hydrogen-bond acceptors (Lipinski definition) is 4. The molecule has 0 unspecified atom stereocenters. The monoisotopic (exact) mass is 274 g/mol. The van der Waals surface area contributed by atoms with Crippen LogP contribution in [0.4, 0.5) is 0 Å². The van der Waals surface area contributed by atoms with Crippen molar-refractivity contribution in [3.05, 3.63) is 29.6 Å². The Labute approximate surface area is 115 Å². The minimum atomic E-state index is -1.06. The van der Waals surface area contributed by atoms with E-state index in [2.05, 4.69) is 10.2 Å². The van der Waals surface area contributed by atoms with Gasteiger partial charge >= 0.3 is 5.97 Å². The number of nitrogens with zero attached hydrogens (tertiary/aromatic N) is 1. The number of ether oxygens (including phenoxy) is 2. The molecule has 6 nitrogen and oxygen atoms in total. The Morgan fingerprint density at radius 3 is 2.80 bits per heavy atom. The summed E-state index contributed by atoms with van der Waals surface area (Å²) in [4.78, 5) is 11.2. The number of nitrogens with one attached hydrogen (secondary N) is 1. The molecule has 1 aliphatic heterocycles. The zero-order chi connectivity index (χ0) is 14.1. The van der Waals surface area contributed by atoms with Crippen LogP contribution in [0.1, 0.15) is 22.6 Å². The highest BCUT2D eigenvalue weighted by Crippen LogP contribution is 2.36. The van der Waals surface area contributed by atoms with Crippen molar-refractivity contribution in [1.29, 1.82) is 0 Å². The summed E-state index contributed by atoms with van der Waals surface area (Å²) in [6, 6.07) is 5.41. The molecular formula is C14H14N2O4. The molecule has 0 saturated heterocycles. The zero-order valence-corrected chi connectivity index (χ0v) is 11.0. The second kappa shape index (κ2) is 4.88. The fourth-order valence-corrected chi connectivity index (χ4v) is 2.26. The van der Waals surface area contributed by atoms with E-state index in [-0.39, 0.29) is 5.69 Å². The van der Waals surface area contributed by atoms with Gasteiger partial charge in [0, 0.05) is 17.7 Å². The lowest BCUT2D eigenvalue weighted by atomic mass is 10.0. The summed E-state index contributed by atoms with van der Waals surface area (Å²) in [6.45, 7) is 3.00. The van der Waals surface area contributed by atoms with Gasteiger partial charge in [0.15, 0.2) is 17.2 Å². The van der Waals surface area contributed by atoms with E-state index in [1.54, 1.807) is 19.1 Å². The first-order valence-corrected chi connectivity index (χ1v) is 6.35. The van der Waals surface area contributed by atoms with Gasteiger partial charge in [-0.3, -0.25) is 5.10 Å². The van der Waals surface area contributed by atoms with Crippen LogP contribution in [0.5, 0.6) is 11.5 Å². The van der Waals surface area contributed by atoms with E-state index in [4.69, 9.17) is 9.47 Å². The maximum atomic E-state index is 11.2. The number of aryl methyl sites for hydroxylation is 1. The van der Waals surface area contributed by atoms with E-state index in [1.807, 2.05) is 6.07 Å². The first kappa shape index (κ1) is 12.5. The molecule has 0 fully saturated rings. The molecule has 6 heteroatoms. The lowest BCUT2D eigenvalue weighted by Crippen LogP contribution is -1.99. The molecule has 20 heavy (non-hydrogen) atoms. The molecular weight excluding hydrogens is 260 g/mol. The fraction of sp³-hybridized carbons (Fsp3) is 0.286. The summed E-state index contributed by atoms with van der Waals surface area (Å²) < 4.78 is 11.2. The Balaban J connectivity index is 2.09. The van der Waals surface area contributed by atoms with E-state index in [0.29, 0.717) is 36.0 Å². The van der Waals surface area contributed by atoms with E-state index in [1.165, 1.54) is 0 Å². The number of aromatic amines is 1. The molecule has 1 aliphatic rings. The Morgan fingerprint density at radius 1 is 1.30 bits per heavy atom. The summed E-state index contributed by atoms with van der Waals surface area (Å²) in [5.41, 5.74) is 2.04. The Morgan fingerprint density at radius 2 is 2.05 bits per heavy atom. The maximum Gasteiger partial charge on any atom is 0.357 e. The van der Waals surface area contributed by atoms with Gasteiger partial charge in [0.05, 0.1) is 13.2 Å². The third kappa shape index (κ3) is 2.09.